The summed E-state index contributed by atoms with van der Waals surface area (Å²) in [4.78, 5) is 4.16. The number of aromatic hydroxyl groups is 1. The minimum absolute atomic E-state index is 0.0923. The highest BCUT2D eigenvalue weighted by Crippen LogP contribution is 2.62. The van der Waals surface area contributed by atoms with Crippen LogP contribution in [0.3, 0.4) is 0 Å². The van der Waals surface area contributed by atoms with Crippen LogP contribution in [0.15, 0.2) is 64.7 Å². The first-order valence-electron chi connectivity index (χ1n) is 9.12. The summed E-state index contributed by atoms with van der Waals surface area (Å²) in [5.41, 5.74) is 12.3. The fraction of sp³-hybridized carbons (Fsp3) is 0.261. The molecule has 0 radical (unpaired) electrons. The number of phenolic OH excluding ortho intramolecular Hbond substituents is 1. The van der Waals surface area contributed by atoms with Crippen LogP contribution in [0.25, 0.3) is 0 Å². The number of aliphatic hydroxyl groups is 1. The number of nitrogens with zero attached hydrogens (tertiary/aromatic N) is 1. The number of hydrogen-bond acceptors (Lipinski definition) is 4. The van der Waals surface area contributed by atoms with E-state index in [1.807, 2.05) is 25.1 Å². The smallest absolute Gasteiger partial charge is 0.138 e. The normalized spacial score (nSPS) is 26.1. The maximum absolute atomic E-state index is 10.4. The van der Waals surface area contributed by atoms with E-state index in [4.69, 9.17) is 5.73 Å². The monoisotopic (exact) mass is 360 g/mol. The number of rotatable bonds is 3. The van der Waals surface area contributed by atoms with Gasteiger partial charge in [-0.15, -0.1) is 0 Å². The first-order chi connectivity index (χ1) is 12.9. The maximum Gasteiger partial charge on any atom is 0.138 e. The molecule has 0 spiro atoms. The molecule has 4 N–H and O–H groups in total. The molecule has 0 aromatic heterocycles. The number of aliphatic imine (C=N–C) groups is 1. The molecule has 0 fully saturated rings. The highest BCUT2D eigenvalue weighted by atomic mass is 16.3. The van der Waals surface area contributed by atoms with Gasteiger partial charge in [0.15, 0.2) is 0 Å². The van der Waals surface area contributed by atoms with E-state index in [0.717, 1.165) is 22.3 Å². The Balaban J connectivity index is 2.21. The van der Waals surface area contributed by atoms with Gasteiger partial charge >= 0.3 is 0 Å². The van der Waals surface area contributed by atoms with E-state index in [-0.39, 0.29) is 12.5 Å². The molecule has 2 aromatic carbocycles. The zero-order valence-corrected chi connectivity index (χ0v) is 15.8. The quantitative estimate of drug-likeness (QED) is 0.442. The zero-order valence-electron chi connectivity index (χ0n) is 15.8. The van der Waals surface area contributed by atoms with Crippen molar-refractivity contribution in [3.05, 3.63) is 82.0 Å². The summed E-state index contributed by atoms with van der Waals surface area (Å²) in [7, 11) is 0. The lowest BCUT2D eigenvalue weighted by Gasteiger charge is -2.54. The van der Waals surface area contributed by atoms with Crippen molar-refractivity contribution in [2.45, 2.75) is 31.6 Å². The van der Waals surface area contributed by atoms with Crippen molar-refractivity contribution in [1.29, 1.82) is 0 Å². The number of phenols is 1. The van der Waals surface area contributed by atoms with E-state index in [9.17, 15) is 10.2 Å². The average molecular weight is 360 g/mol. The summed E-state index contributed by atoms with van der Waals surface area (Å²) in [5.74, 6) is 0.0923. The van der Waals surface area contributed by atoms with Crippen molar-refractivity contribution in [2.24, 2.45) is 4.99 Å². The van der Waals surface area contributed by atoms with Gasteiger partial charge in [-0.3, -0.25) is 4.99 Å². The molecular weight excluding hydrogens is 336 g/mol. The summed E-state index contributed by atoms with van der Waals surface area (Å²) in [6.45, 7) is 6.09. The van der Waals surface area contributed by atoms with Crippen LogP contribution in [0, 0.1) is 0 Å². The lowest BCUT2D eigenvalue weighted by Crippen LogP contribution is -2.48. The zero-order chi connectivity index (χ0) is 19.4. The van der Waals surface area contributed by atoms with Crippen LogP contribution < -0.4 is 5.73 Å². The molecular formula is C23H24N2O2. The maximum atomic E-state index is 10.4. The molecule has 3 aliphatic carbocycles. The number of nitrogen functional groups attached to an aromatic ring is 1. The van der Waals surface area contributed by atoms with Gasteiger partial charge < -0.3 is 15.9 Å². The van der Waals surface area contributed by atoms with Gasteiger partial charge in [-0.1, -0.05) is 36.4 Å². The van der Waals surface area contributed by atoms with E-state index in [2.05, 4.69) is 43.1 Å². The second-order valence-electron chi connectivity index (χ2n) is 7.53. The van der Waals surface area contributed by atoms with Gasteiger partial charge in [0.2, 0.25) is 0 Å². The third kappa shape index (κ3) is 2.05. The lowest BCUT2D eigenvalue weighted by molar-refractivity contribution is 0.310. The summed E-state index contributed by atoms with van der Waals surface area (Å²) < 4.78 is 0. The summed E-state index contributed by atoms with van der Waals surface area (Å²) in [6.07, 6.45) is 5.93. The SMILES string of the molecule is C/C=C/C1=C(/C=N\CO)C2(C)c3ccccc3C1(C)c1cc(N)c(O)cc12. The molecule has 0 heterocycles. The third-order valence-electron chi connectivity index (χ3n) is 6.25. The second kappa shape index (κ2) is 5.83. The Kier molecular flexibility index (Phi) is 3.79. The third-order valence-corrected chi connectivity index (χ3v) is 6.25. The number of allylic oxidation sites excluding steroid dienone is 4. The van der Waals surface area contributed by atoms with Crippen LogP contribution in [0.2, 0.25) is 0 Å². The molecule has 0 saturated carbocycles. The van der Waals surface area contributed by atoms with E-state index < -0.39 is 10.8 Å². The van der Waals surface area contributed by atoms with Crippen molar-refractivity contribution in [3.8, 4) is 5.75 Å². The van der Waals surface area contributed by atoms with Gasteiger partial charge in [0, 0.05) is 17.0 Å². The van der Waals surface area contributed by atoms with Crippen LogP contribution in [0.5, 0.6) is 5.75 Å². The first-order valence-corrected chi connectivity index (χ1v) is 9.12. The van der Waals surface area contributed by atoms with Gasteiger partial charge in [-0.25, -0.2) is 0 Å². The molecule has 3 aliphatic rings. The second-order valence-corrected chi connectivity index (χ2v) is 7.53. The lowest BCUT2D eigenvalue weighted by atomic mass is 9.48. The molecule has 0 amide bonds. The van der Waals surface area contributed by atoms with Gasteiger partial charge in [0.1, 0.15) is 12.5 Å². The Morgan fingerprint density at radius 3 is 2.19 bits per heavy atom. The van der Waals surface area contributed by atoms with Gasteiger partial charge in [-0.05, 0) is 66.3 Å². The van der Waals surface area contributed by atoms with E-state index in [1.54, 1.807) is 12.3 Å². The van der Waals surface area contributed by atoms with Crippen molar-refractivity contribution < 1.29 is 10.2 Å². The predicted molar refractivity (Wildman–Crippen MR) is 109 cm³/mol. The number of anilines is 1. The molecule has 2 atom stereocenters. The van der Waals surface area contributed by atoms with Gasteiger partial charge in [-0.2, -0.15) is 0 Å². The van der Waals surface area contributed by atoms with Crippen LogP contribution in [-0.2, 0) is 10.8 Å². The fourth-order valence-corrected chi connectivity index (χ4v) is 4.95. The molecule has 5 rings (SSSR count). The largest absolute Gasteiger partial charge is 0.506 e. The van der Waals surface area contributed by atoms with Crippen LogP contribution in [0.4, 0.5) is 5.69 Å². The van der Waals surface area contributed by atoms with Crippen LogP contribution in [0.1, 0.15) is 43.0 Å². The predicted octanol–water partition coefficient (Wildman–Crippen LogP) is 3.81. The minimum atomic E-state index is -0.498. The molecule has 2 bridgehead atoms. The molecule has 4 heteroatoms. The number of benzene rings is 2. The van der Waals surface area contributed by atoms with Crippen molar-refractivity contribution in [3.63, 3.8) is 0 Å². The Bertz CT molecular complexity index is 1030. The van der Waals surface area contributed by atoms with Gasteiger partial charge in [0.05, 0.1) is 5.69 Å². The van der Waals surface area contributed by atoms with Gasteiger partial charge in [0.25, 0.3) is 0 Å². The Hall–Kier alpha value is -2.85. The summed E-state index contributed by atoms with van der Waals surface area (Å²) in [5, 5.41) is 19.7. The Morgan fingerprint density at radius 2 is 1.59 bits per heavy atom. The fourth-order valence-electron chi connectivity index (χ4n) is 4.95. The molecule has 0 aliphatic heterocycles. The standard InChI is InChI=1S/C23H24N2O2/c1-4-7-14-19(12-25-13-26)23(3)16-9-6-5-8-15(16)22(14,2)17-10-20(24)21(27)11-18(17)23/h4-12,26-27H,13,24H2,1-3H3/b7-4+,25-12-. The van der Waals surface area contributed by atoms with Crippen molar-refractivity contribution in [2.75, 3.05) is 12.5 Å². The molecule has 27 heavy (non-hydrogen) atoms. The first kappa shape index (κ1) is 17.6. The molecule has 2 aromatic rings. The van der Waals surface area contributed by atoms with Crippen molar-refractivity contribution in [1.82, 2.24) is 0 Å². The van der Waals surface area contributed by atoms with Crippen molar-refractivity contribution >= 4 is 11.9 Å². The van der Waals surface area contributed by atoms with Crippen LogP contribution in [-0.4, -0.2) is 23.2 Å². The van der Waals surface area contributed by atoms with E-state index in [1.165, 1.54) is 11.1 Å². The summed E-state index contributed by atoms with van der Waals surface area (Å²) in [6, 6.07) is 12.1. The Labute approximate surface area is 159 Å². The highest BCUT2D eigenvalue weighted by molar-refractivity contribution is 5.93. The molecule has 0 saturated heterocycles. The van der Waals surface area contributed by atoms with Crippen LogP contribution >= 0.6 is 0 Å². The molecule has 2 unspecified atom stereocenters. The summed E-state index contributed by atoms with van der Waals surface area (Å²) >= 11 is 0. The molecule has 138 valence electrons. The minimum Gasteiger partial charge on any atom is -0.506 e. The van der Waals surface area contributed by atoms with E-state index >= 15 is 0 Å². The average Bonchev–Trinajstić information content (AvgIpc) is 2.66. The number of aliphatic hydroxyl groups excluding tert-OH is 1. The molecule has 4 nitrogen and oxygen atoms in total. The number of hydrogen-bond donors (Lipinski definition) is 3. The number of nitrogens with two attached hydrogens (primary N) is 1. The Morgan fingerprint density at radius 1 is 1.00 bits per heavy atom. The highest BCUT2D eigenvalue weighted by Gasteiger charge is 2.55. The van der Waals surface area contributed by atoms with E-state index in [0.29, 0.717) is 5.69 Å². The topological polar surface area (TPSA) is 78.8 Å².